The highest BCUT2D eigenvalue weighted by Gasteiger charge is 2.22. The standard InChI is InChI=1S/C17H22ClN3O/c1-12(2)9-17(3,19)11-22-16-15(18)8-14(10-21-16)13-4-6-20-7-5-13/h4-8,10,12H,9,11,19H2,1-3H3. The summed E-state index contributed by atoms with van der Waals surface area (Å²) in [5, 5.41) is 0.481. The third-order valence-corrected chi connectivity index (χ3v) is 3.51. The lowest BCUT2D eigenvalue weighted by molar-refractivity contribution is 0.201. The van der Waals surface area contributed by atoms with Crippen molar-refractivity contribution in [2.75, 3.05) is 6.61 Å². The monoisotopic (exact) mass is 319 g/mol. The average molecular weight is 320 g/mol. The SMILES string of the molecule is CC(C)CC(C)(N)COc1ncc(-c2ccncc2)cc1Cl. The van der Waals surface area contributed by atoms with Crippen LogP contribution in [-0.2, 0) is 0 Å². The molecule has 22 heavy (non-hydrogen) atoms. The predicted octanol–water partition coefficient (Wildman–Crippen LogP) is 3.94. The van der Waals surface area contributed by atoms with Gasteiger partial charge in [0.1, 0.15) is 11.6 Å². The van der Waals surface area contributed by atoms with Crippen molar-refractivity contribution in [1.29, 1.82) is 0 Å². The zero-order chi connectivity index (χ0) is 16.2. The summed E-state index contributed by atoms with van der Waals surface area (Å²) in [6, 6.07) is 5.66. The second-order valence-electron chi connectivity index (χ2n) is 6.29. The Morgan fingerprint density at radius 3 is 2.55 bits per heavy atom. The van der Waals surface area contributed by atoms with Crippen LogP contribution in [0.2, 0.25) is 5.02 Å². The van der Waals surface area contributed by atoms with E-state index in [0.29, 0.717) is 23.4 Å². The summed E-state index contributed by atoms with van der Waals surface area (Å²) in [5.41, 5.74) is 7.78. The molecule has 0 saturated carbocycles. The fourth-order valence-electron chi connectivity index (χ4n) is 2.46. The summed E-state index contributed by atoms with van der Waals surface area (Å²) in [6.07, 6.45) is 6.09. The molecule has 2 N–H and O–H groups in total. The van der Waals surface area contributed by atoms with Gasteiger partial charge >= 0.3 is 0 Å². The number of nitrogens with zero attached hydrogens (tertiary/aromatic N) is 2. The Morgan fingerprint density at radius 1 is 1.27 bits per heavy atom. The van der Waals surface area contributed by atoms with E-state index in [4.69, 9.17) is 22.1 Å². The van der Waals surface area contributed by atoms with Gasteiger partial charge in [0.15, 0.2) is 0 Å². The number of pyridine rings is 2. The van der Waals surface area contributed by atoms with Crippen LogP contribution in [0.1, 0.15) is 27.2 Å². The van der Waals surface area contributed by atoms with E-state index in [2.05, 4.69) is 23.8 Å². The molecule has 0 bridgehead atoms. The highest BCUT2D eigenvalue weighted by Crippen LogP contribution is 2.28. The van der Waals surface area contributed by atoms with Gasteiger partial charge in [0.05, 0.1) is 0 Å². The largest absolute Gasteiger partial charge is 0.475 e. The van der Waals surface area contributed by atoms with Gasteiger partial charge in [0.2, 0.25) is 5.88 Å². The Kier molecular flexibility index (Phi) is 5.37. The molecule has 118 valence electrons. The quantitative estimate of drug-likeness (QED) is 0.876. The van der Waals surface area contributed by atoms with Crippen LogP contribution < -0.4 is 10.5 Å². The fourth-order valence-corrected chi connectivity index (χ4v) is 2.68. The Hall–Kier alpha value is -1.65. The molecular weight excluding hydrogens is 298 g/mol. The van der Waals surface area contributed by atoms with Crippen LogP contribution in [0.5, 0.6) is 5.88 Å². The average Bonchev–Trinajstić information content (AvgIpc) is 2.45. The smallest absolute Gasteiger partial charge is 0.232 e. The Morgan fingerprint density at radius 2 is 1.95 bits per heavy atom. The third-order valence-electron chi connectivity index (χ3n) is 3.23. The van der Waals surface area contributed by atoms with Crippen LogP contribution in [-0.4, -0.2) is 22.1 Å². The second-order valence-corrected chi connectivity index (χ2v) is 6.69. The Labute approximate surface area is 136 Å². The lowest BCUT2D eigenvalue weighted by atomic mass is 9.93. The molecule has 0 saturated heterocycles. The molecular formula is C17H22ClN3O. The number of hydrogen-bond donors (Lipinski definition) is 1. The van der Waals surface area contributed by atoms with Crippen LogP contribution in [0, 0.1) is 5.92 Å². The van der Waals surface area contributed by atoms with E-state index in [1.165, 1.54) is 0 Å². The van der Waals surface area contributed by atoms with Crippen molar-refractivity contribution in [3.63, 3.8) is 0 Å². The summed E-state index contributed by atoms with van der Waals surface area (Å²) in [5.74, 6) is 0.927. The van der Waals surface area contributed by atoms with Gasteiger partial charge in [-0.3, -0.25) is 4.98 Å². The van der Waals surface area contributed by atoms with Crippen molar-refractivity contribution in [3.05, 3.63) is 41.8 Å². The Bertz CT molecular complexity index is 615. The van der Waals surface area contributed by atoms with Gasteiger partial charge in [-0.05, 0) is 43.0 Å². The first kappa shape index (κ1) is 16.7. The molecule has 0 aliphatic carbocycles. The van der Waals surface area contributed by atoms with Crippen LogP contribution >= 0.6 is 11.6 Å². The molecule has 0 aliphatic rings. The number of nitrogens with two attached hydrogens (primary N) is 1. The lowest BCUT2D eigenvalue weighted by Crippen LogP contribution is -2.43. The molecule has 0 amide bonds. The highest BCUT2D eigenvalue weighted by atomic mass is 35.5. The molecule has 0 fully saturated rings. The first-order valence-corrected chi connectivity index (χ1v) is 7.73. The maximum absolute atomic E-state index is 6.27. The molecule has 4 nitrogen and oxygen atoms in total. The van der Waals surface area contributed by atoms with E-state index in [1.54, 1.807) is 18.6 Å². The molecule has 2 heterocycles. The normalized spacial score (nSPS) is 13.9. The number of ether oxygens (including phenoxy) is 1. The van der Waals surface area contributed by atoms with Crippen LogP contribution in [0.25, 0.3) is 11.1 Å². The molecule has 1 atom stereocenters. The molecule has 2 aromatic rings. The van der Waals surface area contributed by atoms with E-state index in [1.807, 2.05) is 25.1 Å². The van der Waals surface area contributed by atoms with Gasteiger partial charge in [0.25, 0.3) is 0 Å². The number of hydrogen-bond acceptors (Lipinski definition) is 4. The highest BCUT2D eigenvalue weighted by molar-refractivity contribution is 6.32. The predicted molar refractivity (Wildman–Crippen MR) is 90.0 cm³/mol. The minimum absolute atomic E-state index is 0.381. The molecule has 2 aromatic heterocycles. The minimum atomic E-state index is -0.400. The first-order valence-electron chi connectivity index (χ1n) is 7.35. The van der Waals surface area contributed by atoms with Crippen LogP contribution in [0.4, 0.5) is 0 Å². The Balaban J connectivity index is 2.08. The van der Waals surface area contributed by atoms with Gasteiger partial charge in [-0.25, -0.2) is 4.98 Å². The van der Waals surface area contributed by atoms with Crippen LogP contribution in [0.15, 0.2) is 36.8 Å². The lowest BCUT2D eigenvalue weighted by Gasteiger charge is -2.26. The van der Waals surface area contributed by atoms with E-state index < -0.39 is 5.54 Å². The molecule has 0 aromatic carbocycles. The van der Waals surface area contributed by atoms with Crippen molar-refractivity contribution in [2.45, 2.75) is 32.7 Å². The van der Waals surface area contributed by atoms with Crippen molar-refractivity contribution >= 4 is 11.6 Å². The molecule has 5 heteroatoms. The van der Waals surface area contributed by atoms with Gasteiger partial charge in [-0.15, -0.1) is 0 Å². The minimum Gasteiger partial charge on any atom is -0.475 e. The number of halogens is 1. The first-order chi connectivity index (χ1) is 10.4. The molecule has 0 aliphatic heterocycles. The summed E-state index contributed by atoms with van der Waals surface area (Å²) in [6.45, 7) is 6.64. The maximum Gasteiger partial charge on any atom is 0.232 e. The van der Waals surface area contributed by atoms with Crippen molar-refractivity contribution < 1.29 is 4.74 Å². The summed E-state index contributed by atoms with van der Waals surface area (Å²) in [7, 11) is 0. The van der Waals surface area contributed by atoms with Gasteiger partial charge in [-0.1, -0.05) is 25.4 Å². The van der Waals surface area contributed by atoms with Crippen molar-refractivity contribution in [2.24, 2.45) is 11.7 Å². The van der Waals surface area contributed by atoms with Gasteiger partial charge in [-0.2, -0.15) is 0 Å². The van der Waals surface area contributed by atoms with Gasteiger partial charge < -0.3 is 10.5 Å². The van der Waals surface area contributed by atoms with E-state index in [9.17, 15) is 0 Å². The van der Waals surface area contributed by atoms with E-state index in [0.717, 1.165) is 17.5 Å². The molecule has 1 unspecified atom stereocenters. The van der Waals surface area contributed by atoms with Crippen molar-refractivity contribution in [1.82, 2.24) is 9.97 Å². The zero-order valence-corrected chi connectivity index (χ0v) is 14.0. The number of aromatic nitrogens is 2. The fraction of sp³-hybridized carbons (Fsp3) is 0.412. The van der Waals surface area contributed by atoms with Crippen LogP contribution in [0.3, 0.4) is 0 Å². The van der Waals surface area contributed by atoms with E-state index in [-0.39, 0.29) is 0 Å². The van der Waals surface area contributed by atoms with E-state index >= 15 is 0 Å². The van der Waals surface area contributed by atoms with Gasteiger partial charge in [0, 0.05) is 29.7 Å². The molecule has 0 radical (unpaired) electrons. The maximum atomic E-state index is 6.27. The summed E-state index contributed by atoms with van der Waals surface area (Å²) >= 11 is 6.27. The summed E-state index contributed by atoms with van der Waals surface area (Å²) < 4.78 is 5.71. The molecule has 2 rings (SSSR count). The van der Waals surface area contributed by atoms with Crippen molar-refractivity contribution in [3.8, 4) is 17.0 Å². The summed E-state index contributed by atoms with van der Waals surface area (Å²) in [4.78, 5) is 8.31. The zero-order valence-electron chi connectivity index (χ0n) is 13.2. The second kappa shape index (κ2) is 7.07. The molecule has 0 spiro atoms. The number of rotatable bonds is 6. The topological polar surface area (TPSA) is 61.0 Å². The third kappa shape index (κ3) is 4.68.